The van der Waals surface area contributed by atoms with Crippen LogP contribution in [0.1, 0.15) is 47.2 Å². The number of hydrogen-bond donors (Lipinski definition) is 2. The first-order valence-electron chi connectivity index (χ1n) is 11.2. The minimum Gasteiger partial charge on any atom is -0.481 e. The Kier molecular flexibility index (Phi) is 7.01. The highest BCUT2D eigenvalue weighted by Crippen LogP contribution is 2.31. The van der Waals surface area contributed by atoms with E-state index in [1.807, 2.05) is 48.2 Å². The summed E-state index contributed by atoms with van der Waals surface area (Å²) in [5.74, 6) is 5.56. The van der Waals surface area contributed by atoms with E-state index in [2.05, 4.69) is 22.1 Å². The summed E-state index contributed by atoms with van der Waals surface area (Å²) in [6.45, 7) is 3.70. The van der Waals surface area contributed by atoms with Crippen LogP contribution < -0.4 is 10.2 Å². The topological polar surface area (TPSA) is 82.5 Å². The van der Waals surface area contributed by atoms with E-state index in [9.17, 15) is 9.59 Å². The van der Waals surface area contributed by atoms with Crippen LogP contribution in [-0.2, 0) is 4.79 Å². The van der Waals surface area contributed by atoms with Gasteiger partial charge < -0.3 is 10.4 Å². The smallest absolute Gasteiger partial charge is 0.304 e. The summed E-state index contributed by atoms with van der Waals surface area (Å²) >= 11 is 0. The molecule has 2 heterocycles. The number of piperidine rings is 1. The number of pyridine rings is 1. The monoisotopic (exact) mass is 441 g/mol. The molecule has 33 heavy (non-hydrogen) atoms. The number of benzene rings is 2. The van der Waals surface area contributed by atoms with Crippen LogP contribution in [0.25, 0.3) is 10.8 Å². The van der Waals surface area contributed by atoms with Crippen molar-refractivity contribution in [3.8, 4) is 11.8 Å². The van der Waals surface area contributed by atoms with Gasteiger partial charge in [-0.05, 0) is 61.5 Å². The van der Waals surface area contributed by atoms with Crippen molar-refractivity contribution >= 4 is 28.5 Å². The fraction of sp³-hybridized carbons (Fsp3) is 0.296. The maximum Gasteiger partial charge on any atom is 0.304 e. The quantitative estimate of drug-likeness (QED) is 0.581. The van der Waals surface area contributed by atoms with Crippen molar-refractivity contribution in [2.24, 2.45) is 0 Å². The molecule has 1 atom stereocenters. The number of aliphatic carboxylic acids is 1. The Morgan fingerprint density at radius 3 is 2.85 bits per heavy atom. The van der Waals surface area contributed by atoms with Crippen molar-refractivity contribution in [2.45, 2.75) is 38.6 Å². The van der Waals surface area contributed by atoms with Gasteiger partial charge in [0.2, 0.25) is 0 Å². The van der Waals surface area contributed by atoms with Crippen molar-refractivity contribution in [1.82, 2.24) is 10.3 Å². The molecular weight excluding hydrogens is 414 g/mol. The van der Waals surface area contributed by atoms with Gasteiger partial charge in [0.25, 0.3) is 5.91 Å². The highest BCUT2D eigenvalue weighted by molar-refractivity contribution is 6.10. The average molecular weight is 442 g/mol. The lowest BCUT2D eigenvalue weighted by atomic mass is 10.0. The number of carbonyl (C=O) groups excluding carboxylic acids is 1. The number of fused-ring (bicyclic) bond motifs is 1. The largest absolute Gasteiger partial charge is 0.481 e. The highest BCUT2D eigenvalue weighted by Gasteiger charge is 2.30. The minimum absolute atomic E-state index is 0.000180. The Hall–Kier alpha value is -3.69. The molecule has 168 valence electrons. The van der Waals surface area contributed by atoms with Crippen LogP contribution in [0.2, 0.25) is 0 Å². The number of aromatic nitrogens is 1. The summed E-state index contributed by atoms with van der Waals surface area (Å²) in [4.78, 5) is 31.1. The van der Waals surface area contributed by atoms with E-state index in [1.165, 1.54) is 0 Å². The van der Waals surface area contributed by atoms with Gasteiger partial charge in [-0.2, -0.15) is 0 Å². The van der Waals surface area contributed by atoms with Gasteiger partial charge in [-0.25, -0.2) is 4.98 Å². The highest BCUT2D eigenvalue weighted by atomic mass is 16.4. The Morgan fingerprint density at radius 2 is 2.06 bits per heavy atom. The van der Waals surface area contributed by atoms with Crippen molar-refractivity contribution in [1.29, 1.82) is 0 Å². The zero-order valence-electron chi connectivity index (χ0n) is 18.7. The molecule has 1 aliphatic rings. The summed E-state index contributed by atoms with van der Waals surface area (Å²) < 4.78 is 0. The fourth-order valence-electron chi connectivity index (χ4n) is 4.26. The molecule has 2 aromatic carbocycles. The van der Waals surface area contributed by atoms with E-state index in [0.717, 1.165) is 35.7 Å². The van der Waals surface area contributed by atoms with Gasteiger partial charge in [0, 0.05) is 35.7 Å². The lowest BCUT2D eigenvalue weighted by molar-refractivity contribution is -0.136. The molecule has 1 aliphatic heterocycles. The first-order chi connectivity index (χ1) is 16.0. The van der Waals surface area contributed by atoms with E-state index in [1.54, 1.807) is 18.3 Å². The van der Waals surface area contributed by atoms with Crippen LogP contribution in [0.3, 0.4) is 0 Å². The Bertz CT molecular complexity index is 1230. The van der Waals surface area contributed by atoms with Crippen LogP contribution >= 0.6 is 0 Å². The molecule has 0 bridgehead atoms. The molecule has 6 nitrogen and oxygen atoms in total. The Balaban J connectivity index is 1.73. The maximum absolute atomic E-state index is 13.9. The number of carboxylic acids is 1. The Morgan fingerprint density at radius 1 is 1.21 bits per heavy atom. The molecule has 0 saturated carbocycles. The van der Waals surface area contributed by atoms with Crippen molar-refractivity contribution in [3.63, 3.8) is 0 Å². The van der Waals surface area contributed by atoms with Crippen molar-refractivity contribution in [2.75, 3.05) is 18.0 Å². The number of anilines is 1. The Labute approximate surface area is 193 Å². The number of amides is 1. The second-order valence-electron chi connectivity index (χ2n) is 8.26. The lowest BCUT2D eigenvalue weighted by Gasteiger charge is -2.35. The van der Waals surface area contributed by atoms with E-state index in [0.29, 0.717) is 23.5 Å². The standard InChI is InChI=1S/C27H27N3O3/c1-19-7-4-10-21-14-16-29-26(25(19)21)30(23-12-6-15-28-18-23)27(33)22-11-5-9-20(17-22)8-2-3-13-24(31)32/h4-5,7,9-11,14,16-17,23,28H,3,6,12-13,15,18H2,1H3,(H,31,32)/t23-/m1/s1. The van der Waals surface area contributed by atoms with Crippen LogP contribution in [-0.4, -0.2) is 41.1 Å². The molecule has 4 rings (SSSR count). The van der Waals surface area contributed by atoms with E-state index in [-0.39, 0.29) is 24.8 Å². The summed E-state index contributed by atoms with van der Waals surface area (Å²) in [5.41, 5.74) is 2.31. The third kappa shape index (κ3) is 5.21. The number of carbonyl (C=O) groups is 2. The van der Waals surface area contributed by atoms with Gasteiger partial charge in [0.1, 0.15) is 5.82 Å². The molecule has 0 aliphatic carbocycles. The number of nitrogens with one attached hydrogen (secondary N) is 1. The first-order valence-corrected chi connectivity index (χ1v) is 11.2. The number of rotatable bonds is 5. The number of carboxylic acid groups (broad SMARTS) is 1. The lowest BCUT2D eigenvalue weighted by Crippen LogP contribution is -2.49. The van der Waals surface area contributed by atoms with Crippen molar-refractivity contribution < 1.29 is 14.7 Å². The number of aryl methyl sites for hydroxylation is 1. The molecule has 0 unspecified atom stereocenters. The zero-order valence-corrected chi connectivity index (χ0v) is 18.7. The SMILES string of the molecule is Cc1cccc2ccnc(N(C(=O)c3cccc(C#CCCC(=O)O)c3)[C@@H]3CCCNC3)c12. The summed E-state index contributed by atoms with van der Waals surface area (Å²) in [6, 6.07) is 15.3. The van der Waals surface area contributed by atoms with E-state index >= 15 is 0 Å². The predicted octanol–water partition coefficient (Wildman–Crippen LogP) is 4.16. The van der Waals surface area contributed by atoms with Gasteiger partial charge in [-0.1, -0.05) is 36.1 Å². The molecular formula is C27H27N3O3. The molecule has 2 N–H and O–H groups in total. The molecule has 3 aromatic rings. The van der Waals surface area contributed by atoms with Gasteiger partial charge >= 0.3 is 5.97 Å². The van der Waals surface area contributed by atoms with E-state index in [4.69, 9.17) is 5.11 Å². The second kappa shape index (κ2) is 10.3. The number of nitrogens with zero attached hydrogens (tertiary/aromatic N) is 2. The normalized spacial score (nSPS) is 15.5. The molecule has 1 saturated heterocycles. The van der Waals surface area contributed by atoms with Gasteiger partial charge in [-0.15, -0.1) is 0 Å². The fourth-order valence-corrected chi connectivity index (χ4v) is 4.26. The molecule has 1 fully saturated rings. The second-order valence-corrected chi connectivity index (χ2v) is 8.26. The molecule has 0 spiro atoms. The van der Waals surface area contributed by atoms with Crippen LogP contribution in [0, 0.1) is 18.8 Å². The van der Waals surface area contributed by atoms with Gasteiger partial charge in [0.05, 0.1) is 12.5 Å². The summed E-state index contributed by atoms with van der Waals surface area (Å²) in [7, 11) is 0. The van der Waals surface area contributed by atoms with Crippen LogP contribution in [0.15, 0.2) is 54.7 Å². The maximum atomic E-state index is 13.9. The minimum atomic E-state index is -0.872. The molecule has 0 radical (unpaired) electrons. The van der Waals surface area contributed by atoms with E-state index < -0.39 is 5.97 Å². The zero-order chi connectivity index (χ0) is 23.2. The molecule has 6 heteroatoms. The molecule has 1 amide bonds. The predicted molar refractivity (Wildman–Crippen MR) is 129 cm³/mol. The van der Waals surface area contributed by atoms with Gasteiger partial charge in [-0.3, -0.25) is 14.5 Å². The molecule has 1 aromatic heterocycles. The van der Waals surface area contributed by atoms with Crippen molar-refractivity contribution in [3.05, 3.63) is 71.4 Å². The van der Waals surface area contributed by atoms with Crippen LogP contribution in [0.4, 0.5) is 5.82 Å². The summed E-state index contributed by atoms with van der Waals surface area (Å²) in [5, 5.41) is 14.2. The van der Waals surface area contributed by atoms with Gasteiger partial charge in [0.15, 0.2) is 0 Å². The number of hydrogen-bond acceptors (Lipinski definition) is 4. The average Bonchev–Trinajstić information content (AvgIpc) is 2.83. The summed E-state index contributed by atoms with van der Waals surface area (Å²) in [6.07, 6.45) is 3.93. The third-order valence-corrected chi connectivity index (χ3v) is 5.87. The van der Waals surface area contributed by atoms with Crippen LogP contribution in [0.5, 0.6) is 0 Å². The first kappa shape index (κ1) is 22.5. The third-order valence-electron chi connectivity index (χ3n) is 5.87.